The predicted molar refractivity (Wildman–Crippen MR) is 111 cm³/mol. The van der Waals surface area contributed by atoms with Crippen LogP contribution >= 0.6 is 15.9 Å². The van der Waals surface area contributed by atoms with E-state index in [9.17, 15) is 0 Å². The molecule has 0 fully saturated rings. The Morgan fingerprint density at radius 3 is 2.17 bits per heavy atom. The predicted octanol–water partition coefficient (Wildman–Crippen LogP) is 7.31. The molecule has 0 saturated heterocycles. The molecule has 0 N–H and O–H groups in total. The number of unbranched alkanes of at least 4 members (excludes halogenated alkanes) is 6. The zero-order chi connectivity index (χ0) is 17.8. The first-order valence-electron chi connectivity index (χ1n) is 9.46. The van der Waals surface area contributed by atoms with Crippen LogP contribution in [0.5, 0.6) is 0 Å². The van der Waals surface area contributed by atoms with Crippen LogP contribution in [0.25, 0.3) is 0 Å². The molecule has 0 aliphatic heterocycles. The lowest BCUT2D eigenvalue weighted by Gasteiger charge is -2.38. The molecule has 0 amide bonds. The van der Waals surface area contributed by atoms with Crippen molar-refractivity contribution in [2.75, 3.05) is 5.33 Å². The second-order valence-electron chi connectivity index (χ2n) is 8.04. The van der Waals surface area contributed by atoms with Crippen LogP contribution in [-0.4, -0.2) is 19.8 Å². The zero-order valence-electron chi connectivity index (χ0n) is 16.4. The van der Waals surface area contributed by atoms with Crippen LogP contribution in [0.2, 0.25) is 18.1 Å². The average Bonchev–Trinajstić information content (AvgIpc) is 2.45. The van der Waals surface area contributed by atoms with Crippen molar-refractivity contribution in [2.45, 2.75) is 110 Å². The summed E-state index contributed by atoms with van der Waals surface area (Å²) in [6, 6.07) is 0. The summed E-state index contributed by atoms with van der Waals surface area (Å²) in [6.07, 6.45) is 11.2. The maximum atomic E-state index is 6.52. The van der Waals surface area contributed by atoms with Gasteiger partial charge < -0.3 is 4.43 Å². The van der Waals surface area contributed by atoms with Crippen molar-refractivity contribution >= 4 is 24.2 Å². The lowest BCUT2D eigenvalue weighted by atomic mass is 10.1. The van der Waals surface area contributed by atoms with Crippen molar-refractivity contribution < 1.29 is 4.43 Å². The molecule has 0 aliphatic carbocycles. The van der Waals surface area contributed by atoms with E-state index < -0.39 is 8.32 Å². The third-order valence-corrected chi connectivity index (χ3v) is 9.81. The number of rotatable bonds is 11. The van der Waals surface area contributed by atoms with E-state index in [-0.39, 0.29) is 11.1 Å². The molecule has 0 aromatic rings. The Morgan fingerprint density at radius 2 is 1.61 bits per heavy atom. The van der Waals surface area contributed by atoms with Gasteiger partial charge in [-0.1, -0.05) is 81.6 Å². The first-order valence-corrected chi connectivity index (χ1v) is 13.5. The van der Waals surface area contributed by atoms with Gasteiger partial charge in [-0.15, -0.1) is 5.92 Å². The number of alkyl halides is 1. The van der Waals surface area contributed by atoms with Gasteiger partial charge in [0.15, 0.2) is 8.32 Å². The van der Waals surface area contributed by atoms with Crippen molar-refractivity contribution in [2.24, 2.45) is 0 Å². The Balaban J connectivity index is 4.33. The van der Waals surface area contributed by atoms with E-state index in [0.717, 1.165) is 18.2 Å². The summed E-state index contributed by atoms with van der Waals surface area (Å²) in [6.45, 7) is 13.8. The Labute approximate surface area is 155 Å². The molecule has 23 heavy (non-hydrogen) atoms. The van der Waals surface area contributed by atoms with E-state index in [0.29, 0.717) is 0 Å². The van der Waals surface area contributed by atoms with E-state index in [1.54, 1.807) is 0 Å². The van der Waals surface area contributed by atoms with Crippen LogP contribution in [0.1, 0.15) is 85.5 Å². The maximum Gasteiger partial charge on any atom is 0.193 e. The van der Waals surface area contributed by atoms with Gasteiger partial charge >= 0.3 is 0 Å². The lowest BCUT2D eigenvalue weighted by molar-refractivity contribution is 0.220. The number of halogens is 1. The summed E-state index contributed by atoms with van der Waals surface area (Å²) in [7, 11) is -1.72. The van der Waals surface area contributed by atoms with Gasteiger partial charge in [0.2, 0.25) is 0 Å². The fraction of sp³-hybridized carbons (Fsp3) is 0.900. The third-order valence-electron chi connectivity index (χ3n) is 4.76. The summed E-state index contributed by atoms with van der Waals surface area (Å²) in [5, 5.41) is 1.39. The van der Waals surface area contributed by atoms with Crippen molar-refractivity contribution in [1.82, 2.24) is 0 Å². The molecule has 0 heterocycles. The van der Waals surface area contributed by atoms with E-state index in [1.807, 2.05) is 0 Å². The lowest BCUT2D eigenvalue weighted by Crippen LogP contribution is -2.43. The van der Waals surface area contributed by atoms with Gasteiger partial charge in [-0.05, 0) is 37.4 Å². The quantitative estimate of drug-likeness (QED) is 0.152. The molecule has 1 nitrogen and oxygen atoms in total. The van der Waals surface area contributed by atoms with Gasteiger partial charge in [0.05, 0.1) is 0 Å². The Bertz CT molecular complexity index is 349. The highest BCUT2D eigenvalue weighted by atomic mass is 79.9. The van der Waals surface area contributed by atoms with Crippen molar-refractivity contribution in [3.8, 4) is 11.8 Å². The van der Waals surface area contributed by atoms with Gasteiger partial charge in [0.25, 0.3) is 0 Å². The minimum absolute atomic E-state index is 0.143. The van der Waals surface area contributed by atoms with Crippen molar-refractivity contribution in [3.05, 3.63) is 0 Å². The second-order valence-corrected chi connectivity index (χ2v) is 13.6. The minimum atomic E-state index is -1.72. The summed E-state index contributed by atoms with van der Waals surface area (Å²) in [4.78, 5) is 0. The highest BCUT2D eigenvalue weighted by Gasteiger charge is 2.38. The summed E-state index contributed by atoms with van der Waals surface area (Å²) in [5.74, 6) is 6.84. The fourth-order valence-electron chi connectivity index (χ4n) is 2.11. The molecule has 0 bridgehead atoms. The highest BCUT2D eigenvalue weighted by Crippen LogP contribution is 2.37. The Morgan fingerprint density at radius 1 is 1.00 bits per heavy atom. The maximum absolute atomic E-state index is 6.52. The van der Waals surface area contributed by atoms with E-state index in [4.69, 9.17) is 4.43 Å². The molecule has 136 valence electrons. The average molecular weight is 404 g/mol. The largest absolute Gasteiger partial charge is 0.403 e. The van der Waals surface area contributed by atoms with Crippen LogP contribution in [-0.2, 0) is 4.43 Å². The highest BCUT2D eigenvalue weighted by molar-refractivity contribution is 9.09. The Kier molecular flexibility index (Phi) is 12.7. The first kappa shape index (κ1) is 23.2. The molecule has 0 spiro atoms. The molecular formula is C20H39BrOSi. The summed E-state index contributed by atoms with van der Waals surface area (Å²) < 4.78 is 6.52. The van der Waals surface area contributed by atoms with Gasteiger partial charge in [-0.3, -0.25) is 0 Å². The Hall–Kier alpha value is 0.217. The third kappa shape index (κ3) is 11.4. The molecule has 1 atom stereocenters. The van der Waals surface area contributed by atoms with Crippen LogP contribution in [0, 0.1) is 11.8 Å². The summed E-state index contributed by atoms with van der Waals surface area (Å²) in [5.41, 5.74) is 0. The standard InChI is InChI=1S/C20H39BrOSi/c1-7-8-16-19(22-23(5,6)20(2,3)4)17-14-12-10-9-11-13-15-18-21/h19H,7-13,15-16,18H2,1-6H3/t19-/m1/s1. The molecule has 0 saturated carbocycles. The van der Waals surface area contributed by atoms with Crippen LogP contribution < -0.4 is 0 Å². The first-order chi connectivity index (χ1) is 10.7. The molecule has 0 unspecified atom stereocenters. The van der Waals surface area contributed by atoms with Gasteiger partial charge in [-0.25, -0.2) is 0 Å². The fourth-order valence-corrected chi connectivity index (χ4v) is 3.74. The smallest absolute Gasteiger partial charge is 0.193 e. The number of hydrogen-bond acceptors (Lipinski definition) is 1. The van der Waals surface area contributed by atoms with E-state index >= 15 is 0 Å². The molecule has 3 heteroatoms. The molecular weight excluding hydrogens is 364 g/mol. The zero-order valence-corrected chi connectivity index (χ0v) is 19.0. The second kappa shape index (κ2) is 12.6. The minimum Gasteiger partial charge on any atom is -0.403 e. The van der Waals surface area contributed by atoms with Gasteiger partial charge in [-0.2, -0.15) is 0 Å². The normalized spacial score (nSPS) is 13.5. The van der Waals surface area contributed by atoms with Gasteiger partial charge in [0.1, 0.15) is 6.10 Å². The molecule has 0 aromatic heterocycles. The molecule has 0 aliphatic rings. The van der Waals surface area contributed by atoms with E-state index in [2.05, 4.69) is 68.6 Å². The monoisotopic (exact) mass is 402 g/mol. The van der Waals surface area contributed by atoms with E-state index in [1.165, 1.54) is 44.9 Å². The van der Waals surface area contributed by atoms with Crippen LogP contribution in [0.4, 0.5) is 0 Å². The topological polar surface area (TPSA) is 9.23 Å². The summed E-state index contributed by atoms with van der Waals surface area (Å²) >= 11 is 3.48. The van der Waals surface area contributed by atoms with Crippen LogP contribution in [0.15, 0.2) is 0 Å². The van der Waals surface area contributed by atoms with Gasteiger partial charge in [0, 0.05) is 11.8 Å². The number of hydrogen-bond donors (Lipinski definition) is 0. The molecule has 0 aromatic carbocycles. The molecule has 0 radical (unpaired) electrons. The SMILES string of the molecule is CCCC[C@H](C#CCCCCCCCBr)O[Si](C)(C)C(C)(C)C. The van der Waals surface area contributed by atoms with Crippen molar-refractivity contribution in [3.63, 3.8) is 0 Å². The van der Waals surface area contributed by atoms with Crippen LogP contribution in [0.3, 0.4) is 0 Å². The van der Waals surface area contributed by atoms with Crippen molar-refractivity contribution in [1.29, 1.82) is 0 Å². The molecule has 0 rings (SSSR count).